The number of hydrogen-bond acceptors (Lipinski definition) is 4. The third kappa shape index (κ3) is 6.35. The van der Waals surface area contributed by atoms with Crippen molar-refractivity contribution in [3.05, 3.63) is 65.5 Å². The average molecular weight is 387 g/mol. The second-order valence-corrected chi connectivity index (χ2v) is 6.48. The molecule has 0 aliphatic heterocycles. The normalized spacial score (nSPS) is 11.8. The first kappa shape index (κ1) is 21.4. The molecule has 2 rings (SSSR count). The largest absolute Gasteiger partial charge is 0.494 e. The first-order chi connectivity index (χ1) is 13.4. The highest BCUT2D eigenvalue weighted by molar-refractivity contribution is 5.96. The van der Waals surface area contributed by atoms with Crippen LogP contribution in [-0.2, 0) is 4.79 Å². The van der Waals surface area contributed by atoms with Crippen LogP contribution in [0.3, 0.4) is 0 Å². The monoisotopic (exact) mass is 387 g/mol. The number of hydrogen-bond donors (Lipinski definition) is 2. The van der Waals surface area contributed by atoms with E-state index in [0.717, 1.165) is 5.56 Å². The predicted molar refractivity (Wildman–Crippen MR) is 106 cm³/mol. The number of rotatable bonds is 9. The Bertz CT molecular complexity index is 776. The Hall–Kier alpha value is -2.93. The Labute approximate surface area is 164 Å². The van der Waals surface area contributed by atoms with Crippen molar-refractivity contribution in [2.24, 2.45) is 0 Å². The summed E-state index contributed by atoms with van der Waals surface area (Å²) in [7, 11) is 3.77. The lowest BCUT2D eigenvalue weighted by Gasteiger charge is -2.25. The van der Waals surface area contributed by atoms with Crippen molar-refractivity contribution in [3.8, 4) is 5.75 Å². The van der Waals surface area contributed by atoms with Crippen molar-refractivity contribution >= 4 is 11.8 Å². The maximum Gasteiger partial charge on any atom is 0.251 e. The number of amides is 2. The zero-order valence-electron chi connectivity index (χ0n) is 16.4. The zero-order chi connectivity index (χ0) is 20.5. The molecule has 0 spiro atoms. The van der Waals surface area contributed by atoms with Crippen LogP contribution in [0.25, 0.3) is 0 Å². The molecular formula is C21H26FN3O3. The van der Waals surface area contributed by atoms with Crippen molar-refractivity contribution in [2.75, 3.05) is 33.8 Å². The molecule has 0 aromatic heterocycles. The summed E-state index contributed by atoms with van der Waals surface area (Å²) < 4.78 is 18.4. The van der Waals surface area contributed by atoms with Gasteiger partial charge in [-0.3, -0.25) is 9.59 Å². The molecule has 1 unspecified atom stereocenters. The van der Waals surface area contributed by atoms with Crippen LogP contribution in [0.5, 0.6) is 5.75 Å². The first-order valence-corrected chi connectivity index (χ1v) is 9.10. The SMILES string of the molecule is CCOc1ccc(C(=O)NCC(=O)NCC(c2ccc(F)cc2)N(C)C)cc1. The van der Waals surface area contributed by atoms with Gasteiger partial charge in [0.15, 0.2) is 0 Å². The molecular weight excluding hydrogens is 361 g/mol. The maximum atomic E-state index is 13.1. The van der Waals surface area contributed by atoms with E-state index >= 15 is 0 Å². The number of ether oxygens (including phenoxy) is 1. The molecule has 2 N–H and O–H groups in total. The van der Waals surface area contributed by atoms with Gasteiger partial charge in [-0.25, -0.2) is 4.39 Å². The summed E-state index contributed by atoms with van der Waals surface area (Å²) in [6.45, 7) is 2.65. The number of nitrogens with one attached hydrogen (secondary N) is 2. The minimum Gasteiger partial charge on any atom is -0.494 e. The van der Waals surface area contributed by atoms with E-state index in [2.05, 4.69) is 10.6 Å². The molecule has 0 saturated carbocycles. The standard InChI is InChI=1S/C21H26FN3O3/c1-4-28-18-11-7-16(8-12-18)21(27)24-14-20(26)23-13-19(25(2)3)15-5-9-17(22)10-6-15/h5-12,19H,4,13-14H2,1-3H3,(H,23,26)(H,24,27). The topological polar surface area (TPSA) is 70.7 Å². The van der Waals surface area contributed by atoms with Gasteiger partial charge in [0, 0.05) is 12.1 Å². The van der Waals surface area contributed by atoms with Crippen molar-refractivity contribution in [1.82, 2.24) is 15.5 Å². The highest BCUT2D eigenvalue weighted by Gasteiger charge is 2.16. The lowest BCUT2D eigenvalue weighted by Crippen LogP contribution is -2.40. The smallest absolute Gasteiger partial charge is 0.251 e. The van der Waals surface area contributed by atoms with E-state index in [-0.39, 0.29) is 30.2 Å². The van der Waals surface area contributed by atoms with E-state index in [4.69, 9.17) is 4.74 Å². The zero-order valence-corrected chi connectivity index (χ0v) is 16.4. The van der Waals surface area contributed by atoms with Crippen LogP contribution in [0.1, 0.15) is 28.9 Å². The summed E-state index contributed by atoms with van der Waals surface area (Å²) in [4.78, 5) is 26.2. The number of nitrogens with zero attached hydrogens (tertiary/aromatic N) is 1. The van der Waals surface area contributed by atoms with Gasteiger partial charge in [0.2, 0.25) is 5.91 Å². The van der Waals surface area contributed by atoms with E-state index in [9.17, 15) is 14.0 Å². The van der Waals surface area contributed by atoms with Gasteiger partial charge in [-0.05, 0) is 63.0 Å². The van der Waals surface area contributed by atoms with Gasteiger partial charge in [0.05, 0.1) is 19.2 Å². The van der Waals surface area contributed by atoms with E-state index in [1.54, 1.807) is 36.4 Å². The fourth-order valence-corrected chi connectivity index (χ4v) is 2.69. The molecule has 0 aliphatic rings. The Morgan fingerprint density at radius 1 is 1.04 bits per heavy atom. The fraction of sp³-hybridized carbons (Fsp3) is 0.333. The molecule has 1 atom stereocenters. The van der Waals surface area contributed by atoms with Gasteiger partial charge in [0.1, 0.15) is 11.6 Å². The van der Waals surface area contributed by atoms with Gasteiger partial charge < -0.3 is 20.3 Å². The molecule has 0 aliphatic carbocycles. The number of carbonyl (C=O) groups excluding carboxylic acids is 2. The molecule has 6 nitrogen and oxygen atoms in total. The minimum atomic E-state index is -0.333. The van der Waals surface area contributed by atoms with Crippen LogP contribution in [0.15, 0.2) is 48.5 Å². The summed E-state index contributed by atoms with van der Waals surface area (Å²) in [6.07, 6.45) is 0. The minimum absolute atomic E-state index is 0.105. The molecule has 7 heteroatoms. The van der Waals surface area contributed by atoms with E-state index in [1.165, 1.54) is 12.1 Å². The van der Waals surface area contributed by atoms with Crippen LogP contribution < -0.4 is 15.4 Å². The van der Waals surface area contributed by atoms with Crippen LogP contribution >= 0.6 is 0 Å². The lowest BCUT2D eigenvalue weighted by atomic mass is 10.1. The van der Waals surface area contributed by atoms with Crippen LogP contribution in [0.4, 0.5) is 4.39 Å². The number of carbonyl (C=O) groups is 2. The molecule has 0 fully saturated rings. The molecule has 2 aromatic carbocycles. The molecule has 2 amide bonds. The quantitative estimate of drug-likeness (QED) is 0.693. The van der Waals surface area contributed by atoms with Crippen LogP contribution in [-0.4, -0.2) is 50.5 Å². The maximum absolute atomic E-state index is 13.1. The Balaban J connectivity index is 1.83. The average Bonchev–Trinajstić information content (AvgIpc) is 2.68. The molecule has 0 saturated heterocycles. The predicted octanol–water partition coefficient (Wildman–Crippen LogP) is 2.37. The van der Waals surface area contributed by atoms with Crippen LogP contribution in [0.2, 0.25) is 0 Å². The first-order valence-electron chi connectivity index (χ1n) is 9.10. The molecule has 0 bridgehead atoms. The summed E-state index contributed by atoms with van der Waals surface area (Å²) in [5, 5.41) is 5.40. The van der Waals surface area contributed by atoms with Crippen molar-refractivity contribution in [1.29, 1.82) is 0 Å². The summed E-state index contributed by atoms with van der Waals surface area (Å²) >= 11 is 0. The van der Waals surface area contributed by atoms with Gasteiger partial charge in [-0.1, -0.05) is 12.1 Å². The third-order valence-corrected chi connectivity index (χ3v) is 4.21. The van der Waals surface area contributed by atoms with E-state index in [0.29, 0.717) is 24.5 Å². The molecule has 0 heterocycles. The fourth-order valence-electron chi connectivity index (χ4n) is 2.69. The van der Waals surface area contributed by atoms with Gasteiger partial charge in [0.25, 0.3) is 5.91 Å². The molecule has 0 radical (unpaired) electrons. The summed E-state index contributed by atoms with van der Waals surface area (Å²) in [5.41, 5.74) is 1.35. The van der Waals surface area contributed by atoms with Crippen molar-refractivity contribution < 1.29 is 18.7 Å². The summed E-state index contributed by atoms with van der Waals surface area (Å²) in [5.74, 6) is -0.247. The highest BCUT2D eigenvalue weighted by atomic mass is 19.1. The van der Waals surface area contributed by atoms with Gasteiger partial charge in [-0.2, -0.15) is 0 Å². The Morgan fingerprint density at radius 3 is 2.25 bits per heavy atom. The van der Waals surface area contributed by atoms with Gasteiger partial charge in [-0.15, -0.1) is 0 Å². The van der Waals surface area contributed by atoms with E-state index in [1.807, 2.05) is 25.9 Å². The number of likely N-dealkylation sites (N-methyl/N-ethyl adjacent to an activating group) is 1. The second kappa shape index (κ2) is 10.4. The Morgan fingerprint density at radius 2 is 1.68 bits per heavy atom. The van der Waals surface area contributed by atoms with Crippen molar-refractivity contribution in [2.45, 2.75) is 13.0 Å². The third-order valence-electron chi connectivity index (χ3n) is 4.21. The van der Waals surface area contributed by atoms with Crippen LogP contribution in [0, 0.1) is 5.82 Å². The molecule has 150 valence electrons. The van der Waals surface area contributed by atoms with E-state index < -0.39 is 0 Å². The second-order valence-electron chi connectivity index (χ2n) is 6.48. The van der Waals surface area contributed by atoms with Crippen molar-refractivity contribution in [3.63, 3.8) is 0 Å². The Kier molecular flexibility index (Phi) is 7.95. The number of halogens is 1. The number of benzene rings is 2. The lowest BCUT2D eigenvalue weighted by molar-refractivity contribution is -0.120. The van der Waals surface area contributed by atoms with Gasteiger partial charge >= 0.3 is 0 Å². The highest BCUT2D eigenvalue weighted by Crippen LogP contribution is 2.17. The molecule has 2 aromatic rings. The molecule has 28 heavy (non-hydrogen) atoms. The summed E-state index contributed by atoms with van der Waals surface area (Å²) in [6, 6.07) is 12.8.